The molecule has 4 nitrogen and oxygen atoms in total. The highest BCUT2D eigenvalue weighted by molar-refractivity contribution is 8.01. The van der Waals surface area contributed by atoms with Crippen molar-refractivity contribution in [2.45, 2.75) is 18.2 Å². The minimum Gasteiger partial charge on any atom is -0.315 e. The fourth-order valence-electron chi connectivity index (χ4n) is 1.34. The summed E-state index contributed by atoms with van der Waals surface area (Å²) in [5.41, 5.74) is 1.77. The predicted octanol–water partition coefficient (Wildman–Crippen LogP) is 1.56. The minimum absolute atomic E-state index is 1.03. The van der Waals surface area contributed by atoms with E-state index in [1.165, 1.54) is 0 Å². The van der Waals surface area contributed by atoms with Gasteiger partial charge < -0.3 is 10.2 Å². The van der Waals surface area contributed by atoms with E-state index >= 15 is 0 Å². The topological polar surface area (TPSA) is 41.0 Å². The largest absolute Gasteiger partial charge is 0.315 e. The third-order valence-electron chi connectivity index (χ3n) is 2.34. The van der Waals surface area contributed by atoms with Crippen LogP contribution in [-0.2, 0) is 0 Å². The van der Waals surface area contributed by atoms with E-state index in [0.717, 1.165) is 42.8 Å². The zero-order valence-corrected chi connectivity index (χ0v) is 11.6. The Hall–Kier alpha value is -0.170. The van der Waals surface area contributed by atoms with Crippen LogP contribution in [0.4, 0.5) is 0 Å². The summed E-state index contributed by atoms with van der Waals surface area (Å²) < 4.78 is 1.06. The first-order valence-electron chi connectivity index (χ1n) is 5.68. The highest BCUT2D eigenvalue weighted by Gasteiger charge is 1.99. The number of hydrogen-bond acceptors (Lipinski definition) is 6. The third kappa shape index (κ3) is 5.79. The van der Waals surface area contributed by atoms with E-state index in [0.29, 0.717) is 0 Å². The molecule has 1 aromatic rings. The van der Waals surface area contributed by atoms with Crippen molar-refractivity contribution < 1.29 is 0 Å². The van der Waals surface area contributed by atoms with Crippen molar-refractivity contribution in [3.63, 3.8) is 0 Å². The summed E-state index contributed by atoms with van der Waals surface area (Å²) in [6, 6.07) is 0. The van der Waals surface area contributed by atoms with Crippen molar-refractivity contribution in [1.29, 1.82) is 0 Å². The molecule has 6 heteroatoms. The summed E-state index contributed by atoms with van der Waals surface area (Å²) in [5.74, 6) is 1.06. The van der Waals surface area contributed by atoms with Crippen LogP contribution in [0.1, 0.15) is 13.8 Å². The van der Waals surface area contributed by atoms with Crippen molar-refractivity contribution >= 4 is 23.1 Å². The molecular weight excluding hydrogens is 240 g/mol. The van der Waals surface area contributed by atoms with Crippen LogP contribution in [0.25, 0.3) is 0 Å². The molecule has 1 N–H and O–H groups in total. The van der Waals surface area contributed by atoms with Crippen molar-refractivity contribution in [3.05, 3.63) is 5.51 Å². The molecule has 0 saturated carbocycles. The van der Waals surface area contributed by atoms with Gasteiger partial charge in [0, 0.05) is 25.4 Å². The van der Waals surface area contributed by atoms with Gasteiger partial charge in [-0.15, -0.1) is 10.2 Å². The Morgan fingerprint density at radius 3 is 2.81 bits per heavy atom. The third-order valence-corrected chi connectivity index (χ3v) is 4.21. The maximum absolute atomic E-state index is 3.98. The van der Waals surface area contributed by atoms with Crippen LogP contribution >= 0.6 is 23.1 Å². The predicted molar refractivity (Wildman–Crippen MR) is 71.3 cm³/mol. The molecule has 0 amide bonds. The number of nitrogens with one attached hydrogen (secondary N) is 1. The quantitative estimate of drug-likeness (QED) is 0.539. The van der Waals surface area contributed by atoms with E-state index < -0.39 is 0 Å². The zero-order valence-electron chi connectivity index (χ0n) is 9.98. The zero-order chi connectivity index (χ0) is 11.6. The fourth-order valence-corrected chi connectivity index (χ4v) is 2.79. The lowest BCUT2D eigenvalue weighted by Crippen LogP contribution is -2.32. The number of aromatic nitrogens is 2. The molecule has 0 aliphatic rings. The van der Waals surface area contributed by atoms with Crippen LogP contribution in [0.2, 0.25) is 0 Å². The van der Waals surface area contributed by atoms with Crippen molar-refractivity contribution in [2.75, 3.05) is 38.5 Å². The van der Waals surface area contributed by atoms with Crippen molar-refractivity contribution in [2.24, 2.45) is 0 Å². The van der Waals surface area contributed by atoms with Gasteiger partial charge in [-0.05, 0) is 13.1 Å². The lowest BCUT2D eigenvalue weighted by molar-refractivity contribution is 0.303. The second kappa shape index (κ2) is 8.92. The maximum Gasteiger partial charge on any atom is 0.174 e. The summed E-state index contributed by atoms with van der Waals surface area (Å²) in [6.45, 7) is 9.92. The van der Waals surface area contributed by atoms with Gasteiger partial charge in [0.15, 0.2) is 4.34 Å². The Balaban J connectivity index is 1.92. The fraction of sp³-hybridized carbons (Fsp3) is 0.800. The molecule has 16 heavy (non-hydrogen) atoms. The first-order chi connectivity index (χ1) is 7.86. The van der Waals surface area contributed by atoms with Crippen LogP contribution in [0.3, 0.4) is 0 Å². The molecule has 0 aliphatic heterocycles. The number of thioether (sulfide) groups is 1. The molecule has 0 spiro atoms. The smallest absolute Gasteiger partial charge is 0.174 e. The Bertz CT molecular complexity index is 249. The second-order valence-electron chi connectivity index (χ2n) is 3.33. The van der Waals surface area contributed by atoms with Gasteiger partial charge in [0.1, 0.15) is 5.51 Å². The van der Waals surface area contributed by atoms with Gasteiger partial charge in [-0.1, -0.05) is 36.9 Å². The maximum atomic E-state index is 3.98. The minimum atomic E-state index is 1.03. The Kier molecular flexibility index (Phi) is 7.75. The lowest BCUT2D eigenvalue weighted by Gasteiger charge is -2.17. The first kappa shape index (κ1) is 13.9. The van der Waals surface area contributed by atoms with Gasteiger partial charge in [-0.3, -0.25) is 0 Å². The highest BCUT2D eigenvalue weighted by Crippen LogP contribution is 2.17. The molecule has 0 atom stereocenters. The first-order valence-corrected chi connectivity index (χ1v) is 7.55. The van der Waals surface area contributed by atoms with E-state index in [1.54, 1.807) is 28.6 Å². The molecule has 1 aromatic heterocycles. The molecule has 1 rings (SSSR count). The van der Waals surface area contributed by atoms with Crippen LogP contribution < -0.4 is 5.32 Å². The summed E-state index contributed by atoms with van der Waals surface area (Å²) in [4.78, 5) is 2.42. The van der Waals surface area contributed by atoms with Crippen molar-refractivity contribution in [3.8, 4) is 0 Å². The molecule has 0 aromatic carbocycles. The van der Waals surface area contributed by atoms with Gasteiger partial charge in [0.25, 0.3) is 0 Å². The normalized spacial score (nSPS) is 11.2. The second-order valence-corrected chi connectivity index (χ2v) is 5.51. The average molecular weight is 260 g/mol. The molecule has 0 saturated heterocycles. The molecule has 0 radical (unpaired) electrons. The monoisotopic (exact) mass is 260 g/mol. The average Bonchev–Trinajstić information content (AvgIpc) is 2.81. The summed E-state index contributed by atoms with van der Waals surface area (Å²) in [7, 11) is 0. The molecule has 0 fully saturated rings. The van der Waals surface area contributed by atoms with E-state index in [2.05, 4.69) is 34.3 Å². The summed E-state index contributed by atoms with van der Waals surface area (Å²) >= 11 is 3.37. The van der Waals surface area contributed by atoms with E-state index in [1.807, 2.05) is 0 Å². The molecule has 92 valence electrons. The van der Waals surface area contributed by atoms with E-state index in [-0.39, 0.29) is 0 Å². The molecule has 0 bridgehead atoms. The number of nitrogens with zero attached hydrogens (tertiary/aromatic N) is 3. The number of rotatable bonds is 9. The highest BCUT2D eigenvalue weighted by atomic mass is 32.2. The van der Waals surface area contributed by atoms with Crippen LogP contribution in [-0.4, -0.2) is 53.6 Å². The van der Waals surface area contributed by atoms with Gasteiger partial charge in [0.05, 0.1) is 0 Å². The summed E-state index contributed by atoms with van der Waals surface area (Å²) in [6.07, 6.45) is 0. The summed E-state index contributed by atoms with van der Waals surface area (Å²) in [5, 5.41) is 11.2. The molecule has 1 heterocycles. The standard InChI is InChI=1S/C10H20N4S2/c1-3-14(4-2)7-5-11-6-8-15-10-13-12-9-16-10/h9,11H,3-8H2,1-2H3. The van der Waals surface area contributed by atoms with Gasteiger partial charge in [-0.25, -0.2) is 0 Å². The van der Waals surface area contributed by atoms with Gasteiger partial charge in [-0.2, -0.15) is 0 Å². The number of hydrogen-bond donors (Lipinski definition) is 1. The van der Waals surface area contributed by atoms with E-state index in [9.17, 15) is 0 Å². The molecule has 0 aliphatic carbocycles. The van der Waals surface area contributed by atoms with Gasteiger partial charge >= 0.3 is 0 Å². The van der Waals surface area contributed by atoms with E-state index in [4.69, 9.17) is 0 Å². The van der Waals surface area contributed by atoms with Crippen LogP contribution in [0, 0.1) is 0 Å². The Morgan fingerprint density at radius 1 is 1.38 bits per heavy atom. The number of likely N-dealkylation sites (N-methyl/N-ethyl adjacent to an activating group) is 1. The molecule has 0 unspecified atom stereocenters. The van der Waals surface area contributed by atoms with Crippen molar-refractivity contribution in [1.82, 2.24) is 20.4 Å². The molecular formula is C10H20N4S2. The van der Waals surface area contributed by atoms with Crippen LogP contribution in [0.5, 0.6) is 0 Å². The lowest BCUT2D eigenvalue weighted by atomic mass is 10.4. The Labute approximate surface area is 106 Å². The Morgan fingerprint density at radius 2 is 2.19 bits per heavy atom. The van der Waals surface area contributed by atoms with Crippen LogP contribution in [0.15, 0.2) is 9.85 Å². The SMILES string of the molecule is CCN(CC)CCNCCSc1nncs1. The van der Waals surface area contributed by atoms with Gasteiger partial charge in [0.2, 0.25) is 0 Å².